The van der Waals surface area contributed by atoms with Crippen LogP contribution in [0, 0.1) is 51.2 Å². The van der Waals surface area contributed by atoms with Gasteiger partial charge in [-0.25, -0.2) is 26.3 Å². The molecular formula is C40H55BrN2O6S2. The maximum atomic E-state index is 14.2. The van der Waals surface area contributed by atoms with Crippen molar-refractivity contribution >= 4 is 59.7 Å². The molecule has 51 heavy (non-hydrogen) atoms. The Morgan fingerprint density at radius 1 is 0.765 bits per heavy atom. The Bertz CT molecular complexity index is 1890. The average molecular weight is 804 g/mol. The van der Waals surface area contributed by atoms with E-state index in [1.165, 1.54) is 0 Å². The van der Waals surface area contributed by atoms with Crippen LogP contribution < -0.4 is 9.44 Å². The van der Waals surface area contributed by atoms with E-state index in [9.17, 15) is 26.4 Å². The fraction of sp³-hybridized carbons (Fsp3) is 0.700. The molecule has 10 atom stereocenters. The molecule has 0 amide bonds. The van der Waals surface area contributed by atoms with Crippen LogP contribution in [0.15, 0.2) is 35.4 Å². The molecule has 0 radical (unpaired) electrons. The van der Waals surface area contributed by atoms with E-state index in [1.807, 2.05) is 43.3 Å². The van der Waals surface area contributed by atoms with Gasteiger partial charge in [0.15, 0.2) is 11.6 Å². The zero-order valence-corrected chi connectivity index (χ0v) is 34.0. The minimum atomic E-state index is -3.64. The van der Waals surface area contributed by atoms with E-state index in [0.29, 0.717) is 43.7 Å². The van der Waals surface area contributed by atoms with Gasteiger partial charge in [0.2, 0.25) is 20.0 Å². The second kappa shape index (κ2) is 13.0. The van der Waals surface area contributed by atoms with Crippen molar-refractivity contribution in [2.45, 2.75) is 97.2 Å². The van der Waals surface area contributed by atoms with E-state index < -0.39 is 30.9 Å². The predicted molar refractivity (Wildman–Crippen MR) is 206 cm³/mol. The van der Waals surface area contributed by atoms with Crippen LogP contribution in [-0.4, -0.2) is 57.8 Å². The van der Waals surface area contributed by atoms with Crippen molar-refractivity contribution in [2.24, 2.45) is 51.2 Å². The van der Waals surface area contributed by atoms with Gasteiger partial charge in [0.1, 0.15) is 0 Å². The summed E-state index contributed by atoms with van der Waals surface area (Å²) < 4.78 is 58.8. The van der Waals surface area contributed by atoms with Crippen LogP contribution in [0.3, 0.4) is 0 Å². The highest BCUT2D eigenvalue weighted by molar-refractivity contribution is 9.09. The highest BCUT2D eigenvalue weighted by Gasteiger charge is 2.81. The maximum absolute atomic E-state index is 14.2. The molecule has 0 bridgehead atoms. The Labute approximate surface area is 313 Å². The van der Waals surface area contributed by atoms with E-state index in [2.05, 4.69) is 53.1 Å². The van der Waals surface area contributed by atoms with E-state index in [1.54, 1.807) is 0 Å². The number of halogens is 1. The number of ketones is 2. The van der Waals surface area contributed by atoms with E-state index in [-0.39, 0.29) is 50.6 Å². The van der Waals surface area contributed by atoms with E-state index >= 15 is 0 Å². The molecule has 2 N–H and O–H groups in total. The first-order chi connectivity index (χ1) is 24.0. The van der Waals surface area contributed by atoms with Crippen molar-refractivity contribution in [3.05, 3.63) is 46.5 Å². The summed E-state index contributed by atoms with van der Waals surface area (Å²) >= 11 is 3.50. The number of nitrogens with one attached hydrogen (secondary N) is 2. The summed E-state index contributed by atoms with van der Waals surface area (Å²) in [5, 5.41) is 0. The molecule has 6 saturated carbocycles. The molecule has 1 aromatic carbocycles. The number of unbranched alkanes of at least 4 members (excludes halogenated alkanes) is 1. The first kappa shape index (κ1) is 37.6. The largest absolute Gasteiger partial charge is 0.294 e. The molecular weight excluding hydrogens is 748 g/mol. The molecule has 6 fully saturated rings. The lowest BCUT2D eigenvalue weighted by Gasteiger charge is -2.67. The first-order valence-electron chi connectivity index (χ1n) is 19.2. The SMILES string of the molecule is CCCCC(CC)CNS(=O)(=O)CC12CC3CC(/C(=C\c4ccc(/C=C5/C(=O)C6(CS(=O)(=O)NCC(Br)CC)CC7CC5C76C)cc4)C1=O)C32C. The highest BCUT2D eigenvalue weighted by atomic mass is 79.9. The maximum Gasteiger partial charge on any atom is 0.212 e. The summed E-state index contributed by atoms with van der Waals surface area (Å²) in [5.41, 5.74) is 0.873. The van der Waals surface area contributed by atoms with Crippen molar-refractivity contribution in [1.29, 1.82) is 0 Å². The van der Waals surface area contributed by atoms with Crippen molar-refractivity contribution < 1.29 is 26.4 Å². The van der Waals surface area contributed by atoms with Crippen LogP contribution in [-0.2, 0) is 29.6 Å². The summed E-state index contributed by atoms with van der Waals surface area (Å²) in [7, 11) is -7.27. The number of hydrogen-bond donors (Lipinski definition) is 2. The van der Waals surface area contributed by atoms with Gasteiger partial charge in [0, 0.05) is 29.1 Å². The van der Waals surface area contributed by atoms with Crippen molar-refractivity contribution in [3.63, 3.8) is 0 Å². The first-order valence-corrected chi connectivity index (χ1v) is 23.4. The predicted octanol–water partition coefficient (Wildman–Crippen LogP) is 6.91. The summed E-state index contributed by atoms with van der Waals surface area (Å²) in [4.78, 5) is 28.3. The molecule has 0 heterocycles. The number of hydrogen-bond acceptors (Lipinski definition) is 6. The van der Waals surface area contributed by atoms with Crippen LogP contribution >= 0.6 is 15.9 Å². The van der Waals surface area contributed by atoms with Crippen LogP contribution in [0.25, 0.3) is 12.2 Å². The molecule has 8 nitrogen and oxygen atoms in total. The third-order valence-electron chi connectivity index (χ3n) is 15.1. The highest BCUT2D eigenvalue weighted by Crippen LogP contribution is 2.81. The third kappa shape index (κ3) is 5.58. The molecule has 0 aromatic heterocycles. The Morgan fingerprint density at radius 2 is 1.22 bits per heavy atom. The van der Waals surface area contributed by atoms with Gasteiger partial charge in [0.05, 0.1) is 22.3 Å². The van der Waals surface area contributed by atoms with Gasteiger partial charge in [-0.05, 0) is 102 Å². The van der Waals surface area contributed by atoms with Crippen LogP contribution in [0.2, 0.25) is 0 Å². The second-order valence-corrected chi connectivity index (χ2v) is 22.2. The number of alkyl halides is 1. The molecule has 7 rings (SSSR count). The molecule has 280 valence electrons. The minimum absolute atomic E-state index is 0.00533. The number of carbonyl (C=O) groups is 2. The lowest BCUT2D eigenvalue weighted by atomic mass is 9.36. The standard InChI is InChI=1S/C40H55BrN2O6S2/c1-6-9-10-25(7-2)21-42-50(46,47)23-39-19-28-17-33(37(28,39)4)31(35(39)44)15-26-11-13-27(14-12-26)16-32-34-18-29-20-40(36(32)45,38(29,34)5)24-51(48,49)43-22-30(41)8-3/h11-16,25,28-30,33-34,42-43H,6-10,17-24H2,1-5H3/b31-15+,32-16+. The van der Waals surface area contributed by atoms with Crippen LogP contribution in [0.5, 0.6) is 0 Å². The second-order valence-electron chi connectivity index (χ2n) is 17.3. The topological polar surface area (TPSA) is 126 Å². The van der Waals surface area contributed by atoms with Gasteiger partial charge in [-0.15, -0.1) is 0 Å². The van der Waals surface area contributed by atoms with Gasteiger partial charge in [-0.3, -0.25) is 9.59 Å². The zero-order valence-electron chi connectivity index (χ0n) is 30.8. The number of benzene rings is 1. The quantitative estimate of drug-likeness (QED) is 0.130. The summed E-state index contributed by atoms with van der Waals surface area (Å²) in [6.45, 7) is 11.2. The lowest BCUT2D eigenvalue weighted by molar-refractivity contribution is -0.196. The zero-order chi connectivity index (χ0) is 36.8. The van der Waals surface area contributed by atoms with Crippen molar-refractivity contribution in [3.8, 4) is 0 Å². The fourth-order valence-corrected chi connectivity index (χ4v) is 15.5. The van der Waals surface area contributed by atoms with Gasteiger partial charge < -0.3 is 0 Å². The average Bonchev–Trinajstić information content (AvgIpc) is 3.24. The Morgan fingerprint density at radius 3 is 1.61 bits per heavy atom. The summed E-state index contributed by atoms with van der Waals surface area (Å²) in [6.07, 6.45) is 11.9. The Kier molecular flexibility index (Phi) is 9.59. The summed E-state index contributed by atoms with van der Waals surface area (Å²) in [6, 6.07) is 7.85. The van der Waals surface area contributed by atoms with Crippen molar-refractivity contribution in [2.75, 3.05) is 24.6 Å². The molecule has 11 heteroatoms. The molecule has 6 aliphatic rings. The summed E-state index contributed by atoms with van der Waals surface area (Å²) in [5.74, 6) is 0.861. The molecule has 0 saturated heterocycles. The van der Waals surface area contributed by atoms with Crippen LogP contribution in [0.4, 0.5) is 0 Å². The fourth-order valence-electron chi connectivity index (χ4n) is 11.5. The normalized spacial score (nSPS) is 38.8. The van der Waals surface area contributed by atoms with Gasteiger partial charge in [0.25, 0.3) is 0 Å². The number of rotatable bonds is 17. The van der Waals surface area contributed by atoms with E-state index in [4.69, 9.17) is 0 Å². The van der Waals surface area contributed by atoms with Gasteiger partial charge >= 0.3 is 0 Å². The molecule has 1 aromatic rings. The van der Waals surface area contributed by atoms with Crippen molar-refractivity contribution in [1.82, 2.24) is 9.44 Å². The number of Topliss-reactive ketones (excluding diaryl/α,β-unsaturated/α-hetero) is 2. The Hall–Kier alpha value is -1.66. The van der Waals surface area contributed by atoms with Crippen LogP contribution in [0.1, 0.15) is 104 Å². The molecule has 0 aliphatic heterocycles. The third-order valence-corrected chi connectivity index (χ3v) is 19.1. The Balaban J connectivity index is 1.07. The molecule has 6 aliphatic carbocycles. The molecule has 0 spiro atoms. The smallest absolute Gasteiger partial charge is 0.212 e. The molecule has 10 unspecified atom stereocenters. The van der Waals surface area contributed by atoms with Gasteiger partial charge in [-0.2, -0.15) is 0 Å². The minimum Gasteiger partial charge on any atom is -0.294 e. The monoisotopic (exact) mass is 802 g/mol. The van der Waals surface area contributed by atoms with Gasteiger partial charge in [-0.1, -0.05) is 94.1 Å². The van der Waals surface area contributed by atoms with E-state index in [0.717, 1.165) is 67.2 Å². The number of sulfonamides is 2. The number of allylic oxidation sites excluding steroid dienone is 2. The number of carbonyl (C=O) groups excluding carboxylic acids is 2. The lowest BCUT2D eigenvalue weighted by Crippen LogP contribution is -2.67.